The second kappa shape index (κ2) is 7.01. The standard InChI is InChI=1S/C17H18F3N3S/c1-24-10-6-2-5-9-23-15-12-7-3-4-8-13(12)21-11-14(15)22-16(23)17(18,19)20/h3-4,7-8,11H,2,5-6,9-10H2,1H3. The van der Waals surface area contributed by atoms with Crippen LogP contribution < -0.4 is 0 Å². The van der Waals surface area contributed by atoms with E-state index < -0.39 is 12.0 Å². The van der Waals surface area contributed by atoms with E-state index in [2.05, 4.69) is 9.97 Å². The molecule has 0 aliphatic heterocycles. The number of rotatable bonds is 6. The molecule has 0 saturated heterocycles. The third-order valence-corrected chi connectivity index (χ3v) is 4.66. The Morgan fingerprint density at radius 1 is 1.08 bits per heavy atom. The SMILES string of the molecule is CSCCCCCn1c(C(F)(F)F)nc2cnc3ccccc3c21. The number of fused-ring (bicyclic) bond motifs is 3. The van der Waals surface area contributed by atoms with Crippen LogP contribution in [0.15, 0.2) is 30.5 Å². The van der Waals surface area contributed by atoms with Gasteiger partial charge < -0.3 is 4.57 Å². The van der Waals surface area contributed by atoms with Crippen molar-refractivity contribution in [1.29, 1.82) is 0 Å². The summed E-state index contributed by atoms with van der Waals surface area (Å²) in [4.78, 5) is 8.04. The Balaban J connectivity index is 2.06. The lowest BCUT2D eigenvalue weighted by atomic mass is 10.2. The molecular formula is C17H18F3N3S. The molecule has 3 aromatic rings. The predicted molar refractivity (Wildman–Crippen MR) is 92.3 cm³/mol. The van der Waals surface area contributed by atoms with Gasteiger partial charge in [0, 0.05) is 11.9 Å². The van der Waals surface area contributed by atoms with Crippen LogP contribution in [-0.4, -0.2) is 26.5 Å². The van der Waals surface area contributed by atoms with Crippen molar-refractivity contribution in [2.45, 2.75) is 32.0 Å². The molecule has 7 heteroatoms. The molecule has 0 bridgehead atoms. The molecular weight excluding hydrogens is 335 g/mol. The van der Waals surface area contributed by atoms with Gasteiger partial charge in [-0.3, -0.25) is 4.98 Å². The normalized spacial score (nSPS) is 12.3. The van der Waals surface area contributed by atoms with Crippen LogP contribution >= 0.6 is 11.8 Å². The molecule has 0 saturated carbocycles. The van der Waals surface area contributed by atoms with Gasteiger partial charge in [0.2, 0.25) is 5.82 Å². The van der Waals surface area contributed by atoms with Crippen LogP contribution in [0.1, 0.15) is 25.1 Å². The fourth-order valence-corrected chi connectivity index (χ4v) is 3.38. The number of pyridine rings is 1. The van der Waals surface area contributed by atoms with E-state index in [9.17, 15) is 13.2 Å². The Bertz CT molecular complexity index is 842. The van der Waals surface area contributed by atoms with Crippen molar-refractivity contribution < 1.29 is 13.2 Å². The molecule has 2 heterocycles. The first-order valence-electron chi connectivity index (χ1n) is 7.82. The Kier molecular flexibility index (Phi) is 4.99. The Morgan fingerprint density at radius 2 is 1.88 bits per heavy atom. The summed E-state index contributed by atoms with van der Waals surface area (Å²) in [6, 6.07) is 7.25. The van der Waals surface area contributed by atoms with Crippen molar-refractivity contribution in [3.05, 3.63) is 36.3 Å². The molecule has 0 unspecified atom stereocenters. The van der Waals surface area contributed by atoms with E-state index in [0.717, 1.165) is 18.6 Å². The molecule has 0 spiro atoms. The summed E-state index contributed by atoms with van der Waals surface area (Å²) in [7, 11) is 0. The largest absolute Gasteiger partial charge is 0.449 e. The minimum atomic E-state index is -4.47. The van der Waals surface area contributed by atoms with Gasteiger partial charge in [0.1, 0.15) is 5.52 Å². The molecule has 128 valence electrons. The lowest BCUT2D eigenvalue weighted by Crippen LogP contribution is -2.15. The molecule has 0 aliphatic carbocycles. The fourth-order valence-electron chi connectivity index (χ4n) is 2.89. The average molecular weight is 353 g/mol. The van der Waals surface area contributed by atoms with Crippen LogP contribution in [0, 0.1) is 0 Å². The molecule has 0 aliphatic rings. The van der Waals surface area contributed by atoms with Gasteiger partial charge in [-0.1, -0.05) is 24.6 Å². The zero-order valence-electron chi connectivity index (χ0n) is 13.3. The van der Waals surface area contributed by atoms with Gasteiger partial charge in [-0.25, -0.2) is 4.98 Å². The smallest absolute Gasteiger partial charge is 0.320 e. The fraction of sp³-hybridized carbons (Fsp3) is 0.412. The van der Waals surface area contributed by atoms with Gasteiger partial charge in [0.25, 0.3) is 0 Å². The van der Waals surface area contributed by atoms with Gasteiger partial charge in [-0.15, -0.1) is 0 Å². The minimum Gasteiger partial charge on any atom is -0.320 e. The second-order valence-corrected chi connectivity index (χ2v) is 6.63. The number of halogens is 3. The summed E-state index contributed by atoms with van der Waals surface area (Å²) in [6.45, 7) is 0.313. The number of alkyl halides is 3. The Hall–Kier alpha value is -1.76. The number of aryl methyl sites for hydroxylation is 1. The predicted octanol–water partition coefficient (Wildman–Crippen LogP) is 5.14. The van der Waals surface area contributed by atoms with Crippen LogP contribution in [0.5, 0.6) is 0 Å². The molecule has 24 heavy (non-hydrogen) atoms. The number of imidazole rings is 1. The summed E-state index contributed by atoms with van der Waals surface area (Å²) < 4.78 is 41.5. The first kappa shape index (κ1) is 17.1. The average Bonchev–Trinajstić information content (AvgIpc) is 2.94. The van der Waals surface area contributed by atoms with Crippen molar-refractivity contribution in [3.63, 3.8) is 0 Å². The van der Waals surface area contributed by atoms with E-state index in [-0.39, 0.29) is 0 Å². The van der Waals surface area contributed by atoms with Crippen molar-refractivity contribution in [3.8, 4) is 0 Å². The highest BCUT2D eigenvalue weighted by molar-refractivity contribution is 7.98. The zero-order valence-corrected chi connectivity index (χ0v) is 14.1. The molecule has 0 N–H and O–H groups in total. The van der Waals surface area contributed by atoms with Gasteiger partial charge in [0.05, 0.1) is 17.2 Å². The second-order valence-electron chi connectivity index (χ2n) is 5.65. The number of aromatic nitrogens is 3. The number of nitrogens with zero attached hydrogens (tertiary/aromatic N) is 3. The van der Waals surface area contributed by atoms with Crippen LogP contribution in [0.2, 0.25) is 0 Å². The number of hydrogen-bond acceptors (Lipinski definition) is 3. The van der Waals surface area contributed by atoms with Crippen molar-refractivity contribution in [1.82, 2.24) is 14.5 Å². The Labute approximate surface area is 142 Å². The number of thioether (sulfide) groups is 1. The van der Waals surface area contributed by atoms with Gasteiger partial charge in [-0.05, 0) is 30.9 Å². The van der Waals surface area contributed by atoms with Crippen molar-refractivity contribution in [2.24, 2.45) is 0 Å². The van der Waals surface area contributed by atoms with Gasteiger partial charge >= 0.3 is 6.18 Å². The van der Waals surface area contributed by atoms with Crippen LogP contribution in [0.4, 0.5) is 13.2 Å². The van der Waals surface area contributed by atoms with Gasteiger partial charge in [-0.2, -0.15) is 24.9 Å². The maximum atomic E-state index is 13.4. The van der Waals surface area contributed by atoms with Crippen LogP contribution in [0.3, 0.4) is 0 Å². The highest BCUT2D eigenvalue weighted by atomic mass is 32.2. The van der Waals surface area contributed by atoms with E-state index in [0.29, 0.717) is 34.9 Å². The van der Waals surface area contributed by atoms with Crippen LogP contribution in [-0.2, 0) is 12.7 Å². The van der Waals surface area contributed by atoms with E-state index in [4.69, 9.17) is 0 Å². The van der Waals surface area contributed by atoms with Crippen LogP contribution in [0.25, 0.3) is 21.9 Å². The van der Waals surface area contributed by atoms with Crippen molar-refractivity contribution in [2.75, 3.05) is 12.0 Å². The Morgan fingerprint density at radius 3 is 2.62 bits per heavy atom. The molecule has 1 aromatic carbocycles. The maximum absolute atomic E-state index is 13.4. The molecule has 0 fully saturated rings. The van der Waals surface area contributed by atoms with E-state index in [1.807, 2.05) is 18.4 Å². The third-order valence-electron chi connectivity index (χ3n) is 3.96. The quantitative estimate of drug-likeness (QED) is 0.575. The lowest BCUT2D eigenvalue weighted by Gasteiger charge is -2.12. The molecule has 2 aromatic heterocycles. The molecule has 0 amide bonds. The molecule has 0 radical (unpaired) electrons. The maximum Gasteiger partial charge on any atom is 0.449 e. The summed E-state index contributed by atoms with van der Waals surface area (Å²) in [5, 5.41) is 0.710. The highest BCUT2D eigenvalue weighted by Crippen LogP contribution is 2.34. The highest BCUT2D eigenvalue weighted by Gasteiger charge is 2.37. The number of benzene rings is 1. The topological polar surface area (TPSA) is 30.7 Å². The number of unbranched alkanes of at least 4 members (excludes halogenated alkanes) is 2. The zero-order chi connectivity index (χ0) is 17.2. The van der Waals surface area contributed by atoms with Crippen molar-refractivity contribution >= 4 is 33.7 Å². The summed E-state index contributed by atoms with van der Waals surface area (Å²) in [5.74, 6) is 0.199. The lowest BCUT2D eigenvalue weighted by molar-refractivity contribution is -0.146. The molecule has 3 nitrogen and oxygen atoms in total. The third kappa shape index (κ3) is 3.36. The monoisotopic (exact) mass is 353 g/mol. The molecule has 3 rings (SSSR count). The number of hydrogen-bond donors (Lipinski definition) is 0. The summed E-state index contributed by atoms with van der Waals surface area (Å²) in [6.07, 6.45) is 1.60. The van der Waals surface area contributed by atoms with E-state index >= 15 is 0 Å². The first-order valence-corrected chi connectivity index (χ1v) is 9.22. The van der Waals surface area contributed by atoms with Gasteiger partial charge in [0.15, 0.2) is 0 Å². The minimum absolute atomic E-state index is 0.296. The van der Waals surface area contributed by atoms with E-state index in [1.54, 1.807) is 23.9 Å². The first-order chi connectivity index (χ1) is 11.5. The summed E-state index contributed by atoms with van der Waals surface area (Å²) in [5.41, 5.74) is 1.50. The number of para-hydroxylation sites is 1. The van der Waals surface area contributed by atoms with E-state index in [1.165, 1.54) is 10.8 Å². The molecule has 0 atom stereocenters. The summed E-state index contributed by atoms with van der Waals surface area (Å²) >= 11 is 1.75.